The van der Waals surface area contributed by atoms with Gasteiger partial charge in [-0.1, -0.05) is 0 Å². The summed E-state index contributed by atoms with van der Waals surface area (Å²) in [6.45, 7) is 1.91. The predicted octanol–water partition coefficient (Wildman–Crippen LogP) is -1.69. The van der Waals surface area contributed by atoms with Crippen LogP contribution in [-0.2, 0) is 0 Å². The topological polar surface area (TPSA) is 72.7 Å². The monoisotopic (exact) mass is 149 g/mol. The first kappa shape index (κ1) is 9.84. The summed E-state index contributed by atoms with van der Waals surface area (Å²) in [6, 6.07) is -0.0267. The second kappa shape index (κ2) is 5.61. The first-order valence-electron chi connectivity index (χ1n) is 3.33. The van der Waals surface area contributed by atoms with E-state index in [1.807, 2.05) is 0 Å². The molecular formula is C6H15NO3. The molecule has 4 N–H and O–H groups in total. The Kier molecular flexibility index (Phi) is 5.52. The molecule has 0 rings (SSSR count). The van der Waals surface area contributed by atoms with Gasteiger partial charge in [-0.05, 0) is 6.92 Å². The van der Waals surface area contributed by atoms with Gasteiger partial charge in [0.25, 0.3) is 0 Å². The fourth-order valence-corrected chi connectivity index (χ4v) is 0.466. The highest BCUT2D eigenvalue weighted by Crippen LogP contribution is 1.81. The van der Waals surface area contributed by atoms with Crippen molar-refractivity contribution < 1.29 is 15.3 Å². The molecule has 4 nitrogen and oxygen atoms in total. The van der Waals surface area contributed by atoms with Crippen molar-refractivity contribution in [1.29, 1.82) is 0 Å². The Bertz CT molecular complexity index is 69.4. The summed E-state index contributed by atoms with van der Waals surface area (Å²) in [6.07, 6.45) is -0.728. The molecule has 0 saturated heterocycles. The van der Waals surface area contributed by atoms with Crippen LogP contribution < -0.4 is 5.32 Å². The molecule has 10 heavy (non-hydrogen) atoms. The summed E-state index contributed by atoms with van der Waals surface area (Å²) >= 11 is 0. The van der Waals surface area contributed by atoms with E-state index in [-0.39, 0.29) is 19.3 Å². The molecule has 0 fully saturated rings. The normalized spacial score (nSPS) is 16.8. The van der Waals surface area contributed by atoms with Crippen LogP contribution in [0.4, 0.5) is 0 Å². The Hall–Kier alpha value is -0.160. The summed E-state index contributed by atoms with van der Waals surface area (Å²) in [4.78, 5) is 0. The molecule has 2 atom stereocenters. The minimum absolute atomic E-state index is 0.0267. The maximum absolute atomic E-state index is 8.81. The third-order valence-corrected chi connectivity index (χ3v) is 1.19. The lowest BCUT2D eigenvalue weighted by atomic mass is 10.3. The lowest BCUT2D eigenvalue weighted by Crippen LogP contribution is -2.37. The average Bonchev–Trinajstić information content (AvgIpc) is 1.99. The maximum Gasteiger partial charge on any atom is 0.0895 e. The quantitative estimate of drug-likeness (QED) is 0.376. The summed E-state index contributed by atoms with van der Waals surface area (Å²) in [5, 5.41) is 28.5. The molecule has 0 saturated carbocycles. The first-order valence-corrected chi connectivity index (χ1v) is 3.33. The van der Waals surface area contributed by atoms with Gasteiger partial charge in [-0.3, -0.25) is 0 Å². The van der Waals surface area contributed by atoms with Crippen LogP contribution in [0, 0.1) is 0 Å². The first-order chi connectivity index (χ1) is 4.70. The van der Waals surface area contributed by atoms with Crippen LogP contribution in [0.15, 0.2) is 0 Å². The Morgan fingerprint density at radius 3 is 2.30 bits per heavy atom. The minimum atomic E-state index is -0.728. The van der Waals surface area contributed by atoms with Crippen molar-refractivity contribution in [3.05, 3.63) is 0 Å². The molecule has 0 aromatic heterocycles. The van der Waals surface area contributed by atoms with Crippen molar-refractivity contribution in [1.82, 2.24) is 5.32 Å². The van der Waals surface area contributed by atoms with E-state index in [2.05, 4.69) is 5.32 Å². The zero-order valence-corrected chi connectivity index (χ0v) is 6.12. The molecule has 0 bridgehead atoms. The zero-order valence-electron chi connectivity index (χ0n) is 6.12. The smallest absolute Gasteiger partial charge is 0.0895 e. The van der Waals surface area contributed by atoms with Gasteiger partial charge in [0.1, 0.15) is 0 Å². The molecule has 4 heteroatoms. The molecule has 0 aliphatic heterocycles. The van der Waals surface area contributed by atoms with E-state index in [9.17, 15) is 0 Å². The summed E-state index contributed by atoms with van der Waals surface area (Å²) in [7, 11) is 0. The summed E-state index contributed by atoms with van der Waals surface area (Å²) in [5.74, 6) is 0. The number of hydrogen-bond donors (Lipinski definition) is 4. The van der Waals surface area contributed by atoms with Crippen molar-refractivity contribution in [2.45, 2.75) is 19.1 Å². The fourth-order valence-electron chi connectivity index (χ4n) is 0.466. The van der Waals surface area contributed by atoms with Gasteiger partial charge in [-0.25, -0.2) is 0 Å². The van der Waals surface area contributed by atoms with Gasteiger partial charge in [0.2, 0.25) is 0 Å². The Labute approximate surface area is 60.5 Å². The Morgan fingerprint density at radius 1 is 1.30 bits per heavy atom. The van der Waals surface area contributed by atoms with E-state index in [1.54, 1.807) is 6.92 Å². The highest BCUT2D eigenvalue weighted by atomic mass is 16.3. The number of aliphatic hydroxyl groups excluding tert-OH is 3. The molecular weight excluding hydrogens is 134 g/mol. The fraction of sp³-hybridized carbons (Fsp3) is 1.00. The van der Waals surface area contributed by atoms with Crippen molar-refractivity contribution in [2.75, 3.05) is 19.8 Å². The van der Waals surface area contributed by atoms with Gasteiger partial charge >= 0.3 is 0 Å². The maximum atomic E-state index is 8.81. The molecule has 0 aliphatic carbocycles. The standard InChI is InChI=1S/C6H15NO3/c1-5(3-8)7-2-6(10)4-9/h5-10H,2-4H2,1H3/t5?,6-/m0/s1. The van der Waals surface area contributed by atoms with Gasteiger partial charge in [-0.15, -0.1) is 0 Å². The zero-order chi connectivity index (χ0) is 7.98. The second-order valence-corrected chi connectivity index (χ2v) is 2.33. The predicted molar refractivity (Wildman–Crippen MR) is 37.6 cm³/mol. The van der Waals surface area contributed by atoms with Crippen LogP contribution in [0.5, 0.6) is 0 Å². The molecule has 0 aromatic carbocycles. The number of aliphatic hydroxyl groups is 3. The van der Waals surface area contributed by atoms with E-state index in [0.717, 1.165) is 0 Å². The molecule has 0 aliphatic rings. The van der Waals surface area contributed by atoms with Crippen LogP contribution in [0.3, 0.4) is 0 Å². The average molecular weight is 149 g/mol. The van der Waals surface area contributed by atoms with Crippen molar-refractivity contribution in [2.24, 2.45) is 0 Å². The molecule has 0 spiro atoms. The van der Waals surface area contributed by atoms with Crippen LogP contribution in [0.2, 0.25) is 0 Å². The number of hydrogen-bond acceptors (Lipinski definition) is 4. The molecule has 62 valence electrons. The van der Waals surface area contributed by atoms with Gasteiger partial charge in [0.15, 0.2) is 0 Å². The highest BCUT2D eigenvalue weighted by molar-refractivity contribution is 4.62. The van der Waals surface area contributed by atoms with E-state index in [0.29, 0.717) is 6.54 Å². The van der Waals surface area contributed by atoms with Crippen molar-refractivity contribution in [3.63, 3.8) is 0 Å². The van der Waals surface area contributed by atoms with Crippen molar-refractivity contribution >= 4 is 0 Å². The minimum Gasteiger partial charge on any atom is -0.395 e. The summed E-state index contributed by atoms with van der Waals surface area (Å²) in [5.41, 5.74) is 0. The van der Waals surface area contributed by atoms with E-state index >= 15 is 0 Å². The van der Waals surface area contributed by atoms with Crippen molar-refractivity contribution in [3.8, 4) is 0 Å². The van der Waals surface area contributed by atoms with Crippen LogP contribution in [0.25, 0.3) is 0 Å². The molecule has 0 aromatic rings. The number of nitrogens with one attached hydrogen (secondary N) is 1. The van der Waals surface area contributed by atoms with E-state index < -0.39 is 6.10 Å². The lowest BCUT2D eigenvalue weighted by molar-refractivity contribution is 0.0897. The van der Waals surface area contributed by atoms with Crippen LogP contribution >= 0.6 is 0 Å². The van der Waals surface area contributed by atoms with Crippen LogP contribution in [0.1, 0.15) is 6.92 Å². The summed E-state index contributed by atoms with van der Waals surface area (Å²) < 4.78 is 0. The van der Waals surface area contributed by atoms with Gasteiger partial charge in [0, 0.05) is 12.6 Å². The lowest BCUT2D eigenvalue weighted by Gasteiger charge is -2.12. The molecule has 0 amide bonds. The van der Waals surface area contributed by atoms with Gasteiger partial charge in [0.05, 0.1) is 19.3 Å². The third kappa shape index (κ3) is 4.69. The molecule has 0 radical (unpaired) electrons. The second-order valence-electron chi connectivity index (χ2n) is 2.33. The van der Waals surface area contributed by atoms with Crippen LogP contribution in [-0.4, -0.2) is 47.2 Å². The third-order valence-electron chi connectivity index (χ3n) is 1.19. The largest absolute Gasteiger partial charge is 0.395 e. The van der Waals surface area contributed by atoms with Gasteiger partial charge in [-0.2, -0.15) is 0 Å². The molecule has 1 unspecified atom stereocenters. The highest BCUT2D eigenvalue weighted by Gasteiger charge is 2.03. The Morgan fingerprint density at radius 2 is 1.90 bits per heavy atom. The number of rotatable bonds is 5. The SMILES string of the molecule is CC(CO)NC[C@H](O)CO. The van der Waals surface area contributed by atoms with E-state index in [1.165, 1.54) is 0 Å². The Balaban J connectivity index is 3.17. The van der Waals surface area contributed by atoms with Gasteiger partial charge < -0.3 is 20.6 Å². The molecule has 0 heterocycles. The van der Waals surface area contributed by atoms with E-state index in [4.69, 9.17) is 15.3 Å².